The first-order valence-corrected chi connectivity index (χ1v) is 8.33. The standard InChI is InChI=1S/C16H35N3/c1-4-19(14-9-13-18(2)3)15-12-17-16-10-7-5-6-8-11-16/h16-17H,4-15H2,1-3H3. The molecule has 1 aliphatic carbocycles. The van der Waals surface area contributed by atoms with E-state index in [0.717, 1.165) is 6.04 Å². The van der Waals surface area contributed by atoms with Gasteiger partial charge in [0.25, 0.3) is 0 Å². The van der Waals surface area contributed by atoms with Gasteiger partial charge in [0.2, 0.25) is 0 Å². The van der Waals surface area contributed by atoms with Gasteiger partial charge >= 0.3 is 0 Å². The molecular weight excluding hydrogens is 234 g/mol. The quantitative estimate of drug-likeness (QED) is 0.649. The first-order valence-electron chi connectivity index (χ1n) is 8.33. The lowest BCUT2D eigenvalue weighted by Gasteiger charge is -2.23. The Labute approximate surface area is 120 Å². The molecule has 0 amide bonds. The zero-order valence-corrected chi connectivity index (χ0v) is 13.5. The van der Waals surface area contributed by atoms with Crippen LogP contribution in [0.1, 0.15) is 51.9 Å². The molecule has 0 aliphatic heterocycles. The second-order valence-corrected chi connectivity index (χ2v) is 6.23. The van der Waals surface area contributed by atoms with Crippen LogP contribution in [0.25, 0.3) is 0 Å². The molecule has 0 spiro atoms. The highest BCUT2D eigenvalue weighted by molar-refractivity contribution is 4.71. The fourth-order valence-electron chi connectivity index (χ4n) is 2.95. The first kappa shape index (κ1) is 16.9. The normalized spacial score (nSPS) is 18.2. The van der Waals surface area contributed by atoms with Gasteiger partial charge in [-0.05, 0) is 53.0 Å². The van der Waals surface area contributed by atoms with E-state index in [4.69, 9.17) is 0 Å². The zero-order valence-electron chi connectivity index (χ0n) is 13.5. The van der Waals surface area contributed by atoms with Crippen molar-refractivity contribution in [3.63, 3.8) is 0 Å². The molecule has 1 N–H and O–H groups in total. The predicted octanol–water partition coefficient (Wildman–Crippen LogP) is 2.57. The van der Waals surface area contributed by atoms with Gasteiger partial charge in [0.1, 0.15) is 0 Å². The molecule has 0 aromatic carbocycles. The van der Waals surface area contributed by atoms with Gasteiger partial charge in [-0.1, -0.05) is 32.6 Å². The van der Waals surface area contributed by atoms with Crippen molar-refractivity contribution in [2.75, 3.05) is 46.8 Å². The average Bonchev–Trinajstić information content (AvgIpc) is 2.65. The third kappa shape index (κ3) is 8.61. The second-order valence-electron chi connectivity index (χ2n) is 6.23. The topological polar surface area (TPSA) is 18.5 Å². The van der Waals surface area contributed by atoms with E-state index >= 15 is 0 Å². The van der Waals surface area contributed by atoms with Gasteiger partial charge in [-0.15, -0.1) is 0 Å². The van der Waals surface area contributed by atoms with E-state index in [1.165, 1.54) is 77.7 Å². The highest BCUT2D eigenvalue weighted by Gasteiger charge is 2.11. The zero-order chi connectivity index (χ0) is 13.9. The van der Waals surface area contributed by atoms with Crippen LogP contribution in [0.15, 0.2) is 0 Å². The van der Waals surface area contributed by atoms with Crippen molar-refractivity contribution in [1.29, 1.82) is 0 Å². The van der Waals surface area contributed by atoms with Crippen LogP contribution in [0.3, 0.4) is 0 Å². The van der Waals surface area contributed by atoms with Gasteiger partial charge in [0.05, 0.1) is 0 Å². The molecule has 1 aliphatic rings. The summed E-state index contributed by atoms with van der Waals surface area (Å²) >= 11 is 0. The lowest BCUT2D eigenvalue weighted by molar-refractivity contribution is 0.260. The Bertz CT molecular complexity index is 198. The Morgan fingerprint density at radius 1 is 0.947 bits per heavy atom. The van der Waals surface area contributed by atoms with Crippen molar-refractivity contribution < 1.29 is 0 Å². The largest absolute Gasteiger partial charge is 0.313 e. The van der Waals surface area contributed by atoms with Crippen LogP contribution in [0.4, 0.5) is 0 Å². The third-order valence-electron chi connectivity index (χ3n) is 4.24. The average molecular weight is 269 g/mol. The summed E-state index contributed by atoms with van der Waals surface area (Å²) < 4.78 is 0. The van der Waals surface area contributed by atoms with E-state index in [0.29, 0.717) is 0 Å². The molecule has 0 atom stereocenters. The summed E-state index contributed by atoms with van der Waals surface area (Å²) in [6, 6.07) is 0.794. The fraction of sp³-hybridized carbons (Fsp3) is 1.00. The highest BCUT2D eigenvalue weighted by Crippen LogP contribution is 2.16. The van der Waals surface area contributed by atoms with Crippen LogP contribution >= 0.6 is 0 Å². The number of hydrogen-bond acceptors (Lipinski definition) is 3. The van der Waals surface area contributed by atoms with Gasteiger partial charge < -0.3 is 15.1 Å². The molecule has 0 bridgehead atoms. The van der Waals surface area contributed by atoms with E-state index in [1.54, 1.807) is 0 Å². The minimum Gasteiger partial charge on any atom is -0.313 e. The smallest absolute Gasteiger partial charge is 0.0107 e. The van der Waals surface area contributed by atoms with E-state index in [1.807, 2.05) is 0 Å². The van der Waals surface area contributed by atoms with Crippen molar-refractivity contribution in [2.24, 2.45) is 0 Å². The Balaban J connectivity index is 2.07. The van der Waals surface area contributed by atoms with Crippen LogP contribution in [-0.2, 0) is 0 Å². The van der Waals surface area contributed by atoms with Gasteiger partial charge in [-0.25, -0.2) is 0 Å². The number of nitrogens with one attached hydrogen (secondary N) is 1. The molecule has 114 valence electrons. The second kappa shape index (κ2) is 10.6. The molecule has 0 radical (unpaired) electrons. The van der Waals surface area contributed by atoms with Crippen LogP contribution in [0.5, 0.6) is 0 Å². The minimum atomic E-state index is 0.794. The van der Waals surface area contributed by atoms with Gasteiger partial charge in [-0.2, -0.15) is 0 Å². The number of likely N-dealkylation sites (N-methyl/N-ethyl adjacent to an activating group) is 1. The van der Waals surface area contributed by atoms with E-state index in [9.17, 15) is 0 Å². The van der Waals surface area contributed by atoms with Crippen LogP contribution in [0, 0.1) is 0 Å². The molecule has 19 heavy (non-hydrogen) atoms. The molecule has 1 saturated carbocycles. The number of nitrogens with zero attached hydrogens (tertiary/aromatic N) is 2. The van der Waals surface area contributed by atoms with Gasteiger partial charge in [-0.3, -0.25) is 0 Å². The predicted molar refractivity (Wildman–Crippen MR) is 84.8 cm³/mol. The third-order valence-corrected chi connectivity index (χ3v) is 4.24. The Hall–Kier alpha value is -0.120. The molecule has 0 heterocycles. The summed E-state index contributed by atoms with van der Waals surface area (Å²) in [6.07, 6.45) is 9.83. The molecule has 0 saturated heterocycles. The highest BCUT2D eigenvalue weighted by atomic mass is 15.1. The Morgan fingerprint density at radius 2 is 1.63 bits per heavy atom. The van der Waals surface area contributed by atoms with Crippen LogP contribution in [-0.4, -0.2) is 62.7 Å². The summed E-state index contributed by atoms with van der Waals surface area (Å²) in [5.74, 6) is 0. The minimum absolute atomic E-state index is 0.794. The van der Waals surface area contributed by atoms with Crippen molar-refractivity contribution in [1.82, 2.24) is 15.1 Å². The lowest BCUT2D eigenvalue weighted by Crippen LogP contribution is -2.37. The first-order chi connectivity index (χ1) is 9.22. The van der Waals surface area contributed by atoms with Crippen molar-refractivity contribution in [2.45, 2.75) is 57.9 Å². The molecule has 1 fully saturated rings. The van der Waals surface area contributed by atoms with Crippen LogP contribution in [0.2, 0.25) is 0 Å². The summed E-state index contributed by atoms with van der Waals surface area (Å²) in [4.78, 5) is 4.85. The molecule has 0 aromatic heterocycles. The van der Waals surface area contributed by atoms with E-state index in [-0.39, 0.29) is 0 Å². The number of hydrogen-bond donors (Lipinski definition) is 1. The van der Waals surface area contributed by atoms with Gasteiger partial charge in [0.15, 0.2) is 0 Å². The Morgan fingerprint density at radius 3 is 2.21 bits per heavy atom. The Kier molecular flexibility index (Phi) is 9.48. The maximum atomic E-state index is 3.77. The maximum absolute atomic E-state index is 3.77. The summed E-state index contributed by atoms with van der Waals surface area (Å²) in [6.45, 7) is 8.27. The number of rotatable bonds is 9. The van der Waals surface area contributed by atoms with E-state index in [2.05, 4.69) is 36.1 Å². The fourth-order valence-corrected chi connectivity index (χ4v) is 2.95. The molecule has 3 nitrogen and oxygen atoms in total. The molecular formula is C16H35N3. The lowest BCUT2D eigenvalue weighted by atomic mass is 10.1. The summed E-state index contributed by atoms with van der Waals surface area (Å²) in [7, 11) is 4.31. The molecule has 0 unspecified atom stereocenters. The molecule has 3 heteroatoms. The molecule has 1 rings (SSSR count). The van der Waals surface area contributed by atoms with Crippen molar-refractivity contribution in [3.8, 4) is 0 Å². The van der Waals surface area contributed by atoms with Crippen LogP contribution < -0.4 is 5.32 Å². The summed E-state index contributed by atoms with van der Waals surface area (Å²) in [5.41, 5.74) is 0. The summed E-state index contributed by atoms with van der Waals surface area (Å²) in [5, 5.41) is 3.77. The van der Waals surface area contributed by atoms with Crippen molar-refractivity contribution in [3.05, 3.63) is 0 Å². The monoisotopic (exact) mass is 269 g/mol. The van der Waals surface area contributed by atoms with E-state index < -0.39 is 0 Å². The van der Waals surface area contributed by atoms with Crippen molar-refractivity contribution >= 4 is 0 Å². The maximum Gasteiger partial charge on any atom is 0.0107 e. The van der Waals surface area contributed by atoms with Gasteiger partial charge in [0, 0.05) is 19.1 Å². The SMILES string of the molecule is CCN(CCCN(C)C)CCNC1CCCCCC1. The molecule has 0 aromatic rings.